The Kier molecular flexibility index (Phi) is 7.00. The number of benzene rings is 1. The van der Waals surface area contributed by atoms with Crippen LogP contribution in [-0.2, 0) is 4.79 Å². The van der Waals surface area contributed by atoms with Crippen LogP contribution in [0.2, 0.25) is 0 Å². The van der Waals surface area contributed by atoms with Crippen molar-refractivity contribution in [3.8, 4) is 5.75 Å². The summed E-state index contributed by atoms with van der Waals surface area (Å²) in [6.07, 6.45) is 3.37. The average Bonchev–Trinajstić information content (AvgIpc) is 3.17. The van der Waals surface area contributed by atoms with Crippen LogP contribution in [0, 0.1) is 5.41 Å². The van der Waals surface area contributed by atoms with E-state index in [4.69, 9.17) is 4.74 Å². The molecule has 0 bridgehead atoms. The molecule has 0 saturated carbocycles. The molecule has 1 unspecified atom stereocenters. The highest BCUT2D eigenvalue weighted by molar-refractivity contribution is 5.79. The molecule has 2 aliphatic rings. The fourth-order valence-electron chi connectivity index (χ4n) is 4.18. The van der Waals surface area contributed by atoms with Gasteiger partial charge in [-0.3, -0.25) is 9.69 Å². The van der Waals surface area contributed by atoms with E-state index in [9.17, 15) is 4.79 Å². The highest BCUT2D eigenvalue weighted by Gasteiger charge is 2.31. The fourth-order valence-corrected chi connectivity index (χ4v) is 4.18. The number of carbonyl (C=O) groups is 1. The maximum absolute atomic E-state index is 13.0. The van der Waals surface area contributed by atoms with E-state index in [-0.39, 0.29) is 11.9 Å². The lowest BCUT2D eigenvalue weighted by Gasteiger charge is -2.36. The molecule has 5 heteroatoms. The minimum absolute atomic E-state index is 0.214. The number of ether oxygens (including phenoxy) is 1. The molecule has 1 atom stereocenters. The summed E-state index contributed by atoms with van der Waals surface area (Å²) in [6.45, 7) is 13.6. The first-order valence-electron chi connectivity index (χ1n) is 10.7. The number of amides is 1. The maximum Gasteiger partial charge on any atom is 0.237 e. The normalized spacial score (nSPS) is 21.9. The monoisotopic (exact) mass is 387 g/mol. The van der Waals surface area contributed by atoms with Crippen molar-refractivity contribution in [2.45, 2.75) is 46.1 Å². The summed E-state index contributed by atoms with van der Waals surface area (Å²) in [5.41, 5.74) is 1.61. The summed E-state index contributed by atoms with van der Waals surface area (Å²) in [7, 11) is 1.68. The predicted octanol–water partition coefficient (Wildman–Crippen LogP) is 3.41. The first-order valence-corrected chi connectivity index (χ1v) is 10.7. The molecule has 0 radical (unpaired) electrons. The van der Waals surface area contributed by atoms with Gasteiger partial charge >= 0.3 is 0 Å². The van der Waals surface area contributed by atoms with Crippen LogP contribution in [0.3, 0.4) is 0 Å². The van der Waals surface area contributed by atoms with Crippen LogP contribution < -0.4 is 4.74 Å². The van der Waals surface area contributed by atoms with Crippen molar-refractivity contribution in [2.24, 2.45) is 5.41 Å². The number of likely N-dealkylation sites (tertiary alicyclic amines) is 1. The number of rotatable bonds is 6. The van der Waals surface area contributed by atoms with Crippen LogP contribution >= 0.6 is 0 Å². The summed E-state index contributed by atoms with van der Waals surface area (Å²) in [6, 6.07) is 8.40. The van der Waals surface area contributed by atoms with E-state index >= 15 is 0 Å². The molecule has 0 spiro atoms. The second-order valence-electron chi connectivity index (χ2n) is 9.45. The molecule has 3 rings (SSSR count). The van der Waals surface area contributed by atoms with Crippen molar-refractivity contribution in [1.29, 1.82) is 0 Å². The van der Waals surface area contributed by atoms with Gasteiger partial charge in [0.05, 0.1) is 19.7 Å². The van der Waals surface area contributed by atoms with Crippen molar-refractivity contribution in [3.63, 3.8) is 0 Å². The largest absolute Gasteiger partial charge is 0.497 e. The van der Waals surface area contributed by atoms with E-state index in [0.717, 1.165) is 57.9 Å². The summed E-state index contributed by atoms with van der Waals surface area (Å²) in [4.78, 5) is 20.0. The molecule has 1 amide bonds. The van der Waals surface area contributed by atoms with Crippen molar-refractivity contribution in [3.05, 3.63) is 29.8 Å². The summed E-state index contributed by atoms with van der Waals surface area (Å²) >= 11 is 0. The van der Waals surface area contributed by atoms with Crippen LogP contribution in [0.4, 0.5) is 0 Å². The van der Waals surface area contributed by atoms with E-state index in [0.29, 0.717) is 12.0 Å². The van der Waals surface area contributed by atoms with Crippen molar-refractivity contribution >= 4 is 5.91 Å². The van der Waals surface area contributed by atoms with Gasteiger partial charge in [-0.1, -0.05) is 32.9 Å². The van der Waals surface area contributed by atoms with E-state index < -0.39 is 0 Å². The Morgan fingerprint density at radius 1 is 1.04 bits per heavy atom. The van der Waals surface area contributed by atoms with E-state index in [1.807, 2.05) is 12.1 Å². The van der Waals surface area contributed by atoms with Crippen LogP contribution in [-0.4, -0.2) is 73.5 Å². The lowest BCUT2D eigenvalue weighted by Crippen LogP contribution is -2.50. The highest BCUT2D eigenvalue weighted by Crippen LogP contribution is 2.33. The first-order chi connectivity index (χ1) is 13.4. The minimum Gasteiger partial charge on any atom is -0.497 e. The first kappa shape index (κ1) is 21.1. The van der Waals surface area contributed by atoms with Crippen LogP contribution in [0.25, 0.3) is 0 Å². The minimum atomic E-state index is 0.214. The average molecular weight is 388 g/mol. The van der Waals surface area contributed by atoms with Gasteiger partial charge in [-0.05, 0) is 48.9 Å². The molecule has 0 aromatic heterocycles. The number of hydrogen-bond donors (Lipinski definition) is 0. The molecule has 2 aliphatic heterocycles. The van der Waals surface area contributed by atoms with Gasteiger partial charge in [-0.15, -0.1) is 0 Å². The third-order valence-electron chi connectivity index (χ3n) is 6.08. The lowest BCUT2D eigenvalue weighted by molar-refractivity contribution is -0.133. The molecule has 2 saturated heterocycles. The van der Waals surface area contributed by atoms with E-state index in [1.165, 1.54) is 12.0 Å². The molecule has 2 fully saturated rings. The van der Waals surface area contributed by atoms with Gasteiger partial charge in [0.25, 0.3) is 0 Å². The predicted molar refractivity (Wildman–Crippen MR) is 114 cm³/mol. The third-order valence-corrected chi connectivity index (χ3v) is 6.08. The Hall–Kier alpha value is -1.59. The molecule has 2 heterocycles. The molecular weight excluding hydrogens is 350 g/mol. The Balaban J connectivity index is 1.49. The molecule has 1 aromatic rings. The van der Waals surface area contributed by atoms with E-state index in [1.54, 1.807) is 7.11 Å². The van der Waals surface area contributed by atoms with Crippen LogP contribution in [0.1, 0.15) is 51.6 Å². The maximum atomic E-state index is 13.0. The van der Waals surface area contributed by atoms with Gasteiger partial charge in [0.15, 0.2) is 0 Å². The number of nitrogens with zero attached hydrogens (tertiary/aromatic N) is 3. The molecule has 28 heavy (non-hydrogen) atoms. The molecular formula is C23H37N3O2. The standard InChI is InChI=1S/C23H37N3O2/c1-23(2,3)11-13-24-14-16-25(17-15-24)18-22(27)26-12-5-6-21(26)19-7-9-20(28-4)10-8-19/h7-10,21H,5-6,11-18H2,1-4H3. The van der Waals surface area contributed by atoms with Crippen molar-refractivity contribution < 1.29 is 9.53 Å². The van der Waals surface area contributed by atoms with Gasteiger partial charge in [-0.25, -0.2) is 0 Å². The van der Waals surface area contributed by atoms with Crippen molar-refractivity contribution in [1.82, 2.24) is 14.7 Å². The zero-order valence-electron chi connectivity index (χ0n) is 18.1. The fraction of sp³-hybridized carbons (Fsp3) is 0.696. The number of carbonyl (C=O) groups excluding carboxylic acids is 1. The Morgan fingerprint density at radius 2 is 1.68 bits per heavy atom. The molecule has 156 valence electrons. The van der Waals surface area contributed by atoms with Gasteiger partial charge < -0.3 is 14.5 Å². The number of piperazine rings is 1. The Labute approximate surface area is 170 Å². The topological polar surface area (TPSA) is 36.0 Å². The lowest BCUT2D eigenvalue weighted by atomic mass is 9.92. The second-order valence-corrected chi connectivity index (χ2v) is 9.45. The number of hydrogen-bond acceptors (Lipinski definition) is 4. The SMILES string of the molecule is COc1ccc(C2CCCN2C(=O)CN2CCN(CCC(C)(C)C)CC2)cc1. The van der Waals surface area contributed by atoms with Crippen molar-refractivity contribution in [2.75, 3.05) is 52.9 Å². The zero-order chi connectivity index (χ0) is 20.1. The zero-order valence-corrected chi connectivity index (χ0v) is 18.1. The molecule has 1 aromatic carbocycles. The van der Waals surface area contributed by atoms with Gasteiger partial charge in [0.1, 0.15) is 5.75 Å². The third kappa shape index (κ3) is 5.71. The van der Waals surface area contributed by atoms with Crippen LogP contribution in [0.15, 0.2) is 24.3 Å². The smallest absolute Gasteiger partial charge is 0.237 e. The Bertz CT molecular complexity index is 630. The molecule has 0 aliphatic carbocycles. The summed E-state index contributed by atoms with van der Waals surface area (Å²) in [5, 5.41) is 0. The quantitative estimate of drug-likeness (QED) is 0.749. The van der Waals surface area contributed by atoms with Gasteiger partial charge in [-0.2, -0.15) is 0 Å². The van der Waals surface area contributed by atoms with Crippen LogP contribution in [0.5, 0.6) is 5.75 Å². The highest BCUT2D eigenvalue weighted by atomic mass is 16.5. The van der Waals surface area contributed by atoms with Gasteiger partial charge in [0.2, 0.25) is 5.91 Å². The van der Waals surface area contributed by atoms with Gasteiger partial charge in [0, 0.05) is 32.7 Å². The Morgan fingerprint density at radius 3 is 2.29 bits per heavy atom. The number of methoxy groups -OCH3 is 1. The second kappa shape index (κ2) is 9.27. The van der Waals surface area contributed by atoms with E-state index in [2.05, 4.69) is 47.6 Å². The summed E-state index contributed by atoms with van der Waals surface area (Å²) < 4.78 is 5.26. The summed E-state index contributed by atoms with van der Waals surface area (Å²) in [5.74, 6) is 1.14. The molecule has 0 N–H and O–H groups in total. The molecule has 5 nitrogen and oxygen atoms in total.